The summed E-state index contributed by atoms with van der Waals surface area (Å²) in [6, 6.07) is 11.6. The van der Waals surface area contributed by atoms with Crippen LogP contribution in [0.2, 0.25) is 5.02 Å². The summed E-state index contributed by atoms with van der Waals surface area (Å²) < 4.78 is 7.83. The lowest BCUT2D eigenvalue weighted by Crippen LogP contribution is -2.15. The van der Waals surface area contributed by atoms with Crippen molar-refractivity contribution in [3.63, 3.8) is 0 Å². The van der Waals surface area contributed by atoms with Crippen LogP contribution in [0.1, 0.15) is 35.5 Å². The number of hydrogen-bond donors (Lipinski definition) is 1. The number of carbonyl (C=O) groups excluding carboxylic acids is 1. The molecule has 0 fully saturated rings. The maximum Gasteiger partial charge on any atom is 0.234 e. The summed E-state index contributed by atoms with van der Waals surface area (Å²) >= 11 is 7.56. The molecule has 0 aliphatic carbocycles. The lowest BCUT2D eigenvalue weighted by Gasteiger charge is -2.15. The van der Waals surface area contributed by atoms with Crippen molar-refractivity contribution in [2.75, 3.05) is 11.1 Å². The first-order chi connectivity index (χ1) is 14.2. The first-order valence-electron chi connectivity index (χ1n) is 9.56. The van der Waals surface area contributed by atoms with Crippen LogP contribution in [0.15, 0.2) is 41.6 Å². The molecule has 3 aromatic rings. The minimum Gasteiger partial charge on any atom is -0.481 e. The van der Waals surface area contributed by atoms with Gasteiger partial charge in [0, 0.05) is 12.7 Å². The maximum atomic E-state index is 12.3. The monoisotopic (exact) mass is 444 g/mol. The fraction of sp³-hybridized carbons (Fsp3) is 0.318. The number of thioether (sulfide) groups is 1. The molecule has 3 rings (SSSR count). The largest absolute Gasteiger partial charge is 0.481 e. The Bertz CT molecular complexity index is 1050. The van der Waals surface area contributed by atoms with E-state index in [1.165, 1.54) is 11.8 Å². The lowest BCUT2D eigenvalue weighted by molar-refractivity contribution is -0.113. The number of anilines is 1. The molecular weight excluding hydrogens is 420 g/mol. The van der Waals surface area contributed by atoms with Gasteiger partial charge < -0.3 is 14.6 Å². The number of benzene rings is 2. The third-order valence-corrected chi connectivity index (χ3v) is 5.79. The molecule has 2 aromatic carbocycles. The van der Waals surface area contributed by atoms with Crippen LogP contribution in [-0.2, 0) is 11.8 Å². The SMILES string of the molecule is Cc1cc(C)cc(NC(=O)CSc2nnc(C(C)Oc3cc(C)ccc3Cl)n2C)c1. The number of carbonyl (C=O) groups is 1. The average Bonchev–Trinajstić information content (AvgIpc) is 3.03. The van der Waals surface area contributed by atoms with E-state index in [0.29, 0.717) is 21.8 Å². The van der Waals surface area contributed by atoms with Crippen molar-refractivity contribution in [2.45, 2.75) is 39.0 Å². The van der Waals surface area contributed by atoms with Crippen LogP contribution >= 0.6 is 23.4 Å². The van der Waals surface area contributed by atoms with E-state index >= 15 is 0 Å². The number of amides is 1. The molecule has 1 aromatic heterocycles. The summed E-state index contributed by atoms with van der Waals surface area (Å²) in [6.45, 7) is 7.88. The van der Waals surface area contributed by atoms with E-state index in [4.69, 9.17) is 16.3 Å². The standard InChI is InChI=1S/C22H25ClN4O2S/c1-13-6-7-18(23)19(11-13)29-16(4)21-25-26-22(27(21)5)30-12-20(28)24-17-9-14(2)8-15(3)10-17/h6-11,16H,12H2,1-5H3,(H,24,28). The summed E-state index contributed by atoms with van der Waals surface area (Å²) in [4.78, 5) is 12.3. The number of nitrogens with one attached hydrogen (secondary N) is 1. The van der Waals surface area contributed by atoms with Crippen molar-refractivity contribution >= 4 is 35.0 Å². The molecule has 1 heterocycles. The van der Waals surface area contributed by atoms with E-state index in [1.54, 1.807) is 0 Å². The number of hydrogen-bond acceptors (Lipinski definition) is 5. The van der Waals surface area contributed by atoms with E-state index in [2.05, 4.69) is 21.6 Å². The van der Waals surface area contributed by atoms with Crippen LogP contribution in [0.4, 0.5) is 5.69 Å². The molecule has 8 heteroatoms. The summed E-state index contributed by atoms with van der Waals surface area (Å²) in [5.74, 6) is 1.40. The summed E-state index contributed by atoms with van der Waals surface area (Å²) in [5, 5.41) is 12.6. The Hall–Kier alpha value is -2.51. The predicted molar refractivity (Wildman–Crippen MR) is 122 cm³/mol. The quantitative estimate of drug-likeness (QED) is 0.503. The number of nitrogens with zero attached hydrogens (tertiary/aromatic N) is 3. The molecule has 0 saturated heterocycles. The fourth-order valence-corrected chi connectivity index (χ4v) is 4.00. The number of aryl methyl sites for hydroxylation is 3. The van der Waals surface area contributed by atoms with Gasteiger partial charge in [0.25, 0.3) is 0 Å². The number of halogens is 1. The Balaban J connectivity index is 1.62. The molecule has 0 radical (unpaired) electrons. The third-order valence-electron chi connectivity index (χ3n) is 4.46. The summed E-state index contributed by atoms with van der Waals surface area (Å²) in [6.07, 6.45) is -0.347. The molecule has 158 valence electrons. The van der Waals surface area contributed by atoms with Crippen molar-refractivity contribution in [1.82, 2.24) is 14.8 Å². The molecule has 6 nitrogen and oxygen atoms in total. The molecule has 0 saturated carbocycles. The zero-order valence-corrected chi connectivity index (χ0v) is 19.3. The first kappa shape index (κ1) is 22.2. The summed E-state index contributed by atoms with van der Waals surface area (Å²) in [5.41, 5.74) is 4.08. The Morgan fingerprint density at radius 1 is 1.13 bits per heavy atom. The Labute approximate surface area is 186 Å². The maximum absolute atomic E-state index is 12.3. The van der Waals surface area contributed by atoms with Crippen LogP contribution < -0.4 is 10.1 Å². The Morgan fingerprint density at radius 3 is 2.53 bits per heavy atom. The normalized spacial score (nSPS) is 11.9. The van der Waals surface area contributed by atoms with Gasteiger partial charge in [0.1, 0.15) is 5.75 Å². The lowest BCUT2D eigenvalue weighted by atomic mass is 10.1. The minimum absolute atomic E-state index is 0.0922. The second-order valence-corrected chi connectivity index (χ2v) is 8.66. The fourth-order valence-electron chi connectivity index (χ4n) is 3.12. The molecule has 0 aliphatic rings. The van der Waals surface area contributed by atoms with Crippen LogP contribution in [0, 0.1) is 20.8 Å². The second kappa shape index (κ2) is 9.53. The van der Waals surface area contributed by atoms with E-state index in [0.717, 1.165) is 22.4 Å². The predicted octanol–water partition coefficient (Wildman–Crippen LogP) is 5.26. The molecule has 30 heavy (non-hydrogen) atoms. The van der Waals surface area contributed by atoms with Crippen LogP contribution in [0.25, 0.3) is 0 Å². The first-order valence-corrected chi connectivity index (χ1v) is 10.9. The molecule has 0 spiro atoms. The van der Waals surface area contributed by atoms with Gasteiger partial charge in [-0.2, -0.15) is 0 Å². The van der Waals surface area contributed by atoms with Gasteiger partial charge in [-0.3, -0.25) is 4.79 Å². The highest BCUT2D eigenvalue weighted by Gasteiger charge is 2.19. The van der Waals surface area contributed by atoms with Crippen LogP contribution in [0.3, 0.4) is 0 Å². The highest BCUT2D eigenvalue weighted by Crippen LogP contribution is 2.30. The van der Waals surface area contributed by atoms with E-state index in [9.17, 15) is 4.79 Å². The van der Waals surface area contributed by atoms with Gasteiger partial charge in [0.2, 0.25) is 5.91 Å². The molecule has 0 aliphatic heterocycles. The highest BCUT2D eigenvalue weighted by molar-refractivity contribution is 7.99. The smallest absolute Gasteiger partial charge is 0.234 e. The minimum atomic E-state index is -0.347. The number of rotatable bonds is 7. The van der Waals surface area contributed by atoms with Gasteiger partial charge in [0.05, 0.1) is 10.8 Å². The van der Waals surface area contributed by atoms with E-state index in [-0.39, 0.29) is 17.8 Å². The second-order valence-electron chi connectivity index (χ2n) is 7.31. The van der Waals surface area contributed by atoms with Gasteiger partial charge >= 0.3 is 0 Å². The highest BCUT2D eigenvalue weighted by atomic mass is 35.5. The molecule has 1 amide bonds. The average molecular weight is 445 g/mol. The van der Waals surface area contributed by atoms with Crippen molar-refractivity contribution < 1.29 is 9.53 Å². The van der Waals surface area contributed by atoms with Crippen molar-refractivity contribution in [3.8, 4) is 5.75 Å². The molecule has 1 N–H and O–H groups in total. The molecule has 1 atom stereocenters. The zero-order chi connectivity index (χ0) is 21.8. The molecule has 1 unspecified atom stereocenters. The van der Waals surface area contributed by atoms with Crippen molar-refractivity contribution in [2.24, 2.45) is 7.05 Å². The van der Waals surface area contributed by atoms with Gasteiger partial charge in [0.15, 0.2) is 17.1 Å². The van der Waals surface area contributed by atoms with Crippen molar-refractivity contribution in [3.05, 3.63) is 63.9 Å². The zero-order valence-electron chi connectivity index (χ0n) is 17.7. The van der Waals surface area contributed by atoms with E-state index < -0.39 is 0 Å². The van der Waals surface area contributed by atoms with Crippen LogP contribution in [0.5, 0.6) is 5.75 Å². The molecule has 0 bridgehead atoms. The number of ether oxygens (including phenoxy) is 1. The van der Waals surface area contributed by atoms with Crippen molar-refractivity contribution in [1.29, 1.82) is 0 Å². The summed E-state index contributed by atoms with van der Waals surface area (Å²) in [7, 11) is 1.86. The van der Waals surface area contributed by atoms with Gasteiger partial charge in [-0.05, 0) is 68.7 Å². The van der Waals surface area contributed by atoms with E-state index in [1.807, 2.05) is 69.6 Å². The van der Waals surface area contributed by atoms with Gasteiger partial charge in [-0.15, -0.1) is 10.2 Å². The van der Waals surface area contributed by atoms with Gasteiger partial charge in [-0.25, -0.2) is 0 Å². The molecular formula is C22H25ClN4O2S. The third kappa shape index (κ3) is 5.55. The topological polar surface area (TPSA) is 69.0 Å². The Morgan fingerprint density at radius 2 is 1.83 bits per heavy atom. The number of aromatic nitrogens is 3. The van der Waals surface area contributed by atoms with Crippen LogP contribution in [-0.4, -0.2) is 26.4 Å². The Kier molecular flexibility index (Phi) is 7.05. The van der Waals surface area contributed by atoms with Gasteiger partial charge in [-0.1, -0.05) is 35.5 Å².